The number of carboxylic acid groups (broad SMARTS) is 1. The van der Waals surface area contributed by atoms with Crippen molar-refractivity contribution < 1.29 is 37.7 Å². The number of hydrogen-bond acceptors (Lipinski definition) is 4. The van der Waals surface area contributed by atoms with Crippen LogP contribution in [0.5, 0.6) is 5.75 Å². The van der Waals surface area contributed by atoms with Crippen LogP contribution in [0.25, 0.3) is 11.1 Å². The summed E-state index contributed by atoms with van der Waals surface area (Å²) in [5.74, 6) is 1.24. The van der Waals surface area contributed by atoms with Gasteiger partial charge in [-0.2, -0.15) is 13.2 Å². The Hall–Kier alpha value is -3.52. The molecule has 1 atom stereocenters. The van der Waals surface area contributed by atoms with E-state index in [1.807, 2.05) is 19.1 Å². The Balaban J connectivity index is 0.00000170. The minimum absolute atomic E-state index is 0.0674. The van der Waals surface area contributed by atoms with Crippen molar-refractivity contribution in [1.82, 2.24) is 0 Å². The van der Waals surface area contributed by atoms with Crippen LogP contribution in [0.15, 0.2) is 78.1 Å². The predicted octanol–water partition coefficient (Wildman–Crippen LogP) is 7.95. The first-order valence-electron chi connectivity index (χ1n) is 12.7. The van der Waals surface area contributed by atoms with Crippen LogP contribution in [0.3, 0.4) is 0 Å². The molecule has 0 radical (unpaired) electrons. The van der Waals surface area contributed by atoms with Crippen molar-refractivity contribution in [2.45, 2.75) is 65.3 Å². The number of alkyl halides is 3. The van der Waals surface area contributed by atoms with Crippen molar-refractivity contribution in [3.8, 4) is 16.9 Å². The molecule has 1 aliphatic carbocycles. The van der Waals surface area contributed by atoms with Crippen molar-refractivity contribution in [1.29, 1.82) is 0 Å². The molecule has 1 fully saturated rings. The number of ether oxygens (including phenoxy) is 2. The molecule has 3 rings (SSSR count). The van der Waals surface area contributed by atoms with Crippen LogP contribution in [0.2, 0.25) is 0 Å². The van der Waals surface area contributed by atoms with Crippen LogP contribution in [0.4, 0.5) is 13.2 Å². The van der Waals surface area contributed by atoms with Gasteiger partial charge in [-0.1, -0.05) is 43.8 Å². The lowest BCUT2D eigenvalue weighted by molar-refractivity contribution is -0.137. The molecule has 1 aliphatic rings. The maximum atomic E-state index is 13.9. The SMILES string of the molecule is C=C(/C=C1/C[C@H](C)C/C1=C/C)OCc1cccc(-c2ccc(OCCC(C)(C)O)cc2C(F)(F)F)c1.O=CO. The quantitative estimate of drug-likeness (QED) is 0.247. The van der Waals surface area contributed by atoms with E-state index in [4.69, 9.17) is 19.4 Å². The van der Waals surface area contributed by atoms with E-state index >= 15 is 0 Å². The number of carbonyl (C=O) groups is 1. The predicted molar refractivity (Wildman–Crippen MR) is 146 cm³/mol. The lowest BCUT2D eigenvalue weighted by Gasteiger charge is -2.19. The number of allylic oxidation sites excluding steroid dienone is 4. The third kappa shape index (κ3) is 10.3. The Morgan fingerprint density at radius 3 is 2.41 bits per heavy atom. The molecule has 2 N–H and O–H groups in total. The van der Waals surface area contributed by atoms with Gasteiger partial charge < -0.3 is 19.7 Å². The van der Waals surface area contributed by atoms with Crippen molar-refractivity contribution in [3.63, 3.8) is 0 Å². The molecule has 2 aromatic carbocycles. The molecule has 0 spiro atoms. The molecule has 1 saturated carbocycles. The minimum atomic E-state index is -4.55. The highest BCUT2D eigenvalue weighted by Gasteiger charge is 2.34. The monoisotopic (exact) mass is 546 g/mol. The van der Waals surface area contributed by atoms with Gasteiger partial charge in [0, 0.05) is 6.42 Å². The van der Waals surface area contributed by atoms with E-state index in [0.29, 0.717) is 23.7 Å². The Kier molecular flexibility index (Phi) is 11.4. The summed E-state index contributed by atoms with van der Waals surface area (Å²) in [5, 5.41) is 16.7. The van der Waals surface area contributed by atoms with Crippen molar-refractivity contribution in [2.24, 2.45) is 5.92 Å². The first kappa shape index (κ1) is 31.7. The zero-order valence-electron chi connectivity index (χ0n) is 22.8. The number of benzene rings is 2. The Morgan fingerprint density at radius 1 is 1.13 bits per heavy atom. The van der Waals surface area contributed by atoms with Gasteiger partial charge in [0.05, 0.1) is 17.8 Å². The summed E-state index contributed by atoms with van der Waals surface area (Å²) in [4.78, 5) is 8.36. The zero-order chi connectivity index (χ0) is 29.2. The topological polar surface area (TPSA) is 76.0 Å². The Bertz CT molecular complexity index is 1190. The van der Waals surface area contributed by atoms with Crippen molar-refractivity contribution in [2.75, 3.05) is 6.61 Å². The van der Waals surface area contributed by atoms with Gasteiger partial charge >= 0.3 is 6.18 Å². The van der Waals surface area contributed by atoms with Gasteiger partial charge in [-0.05, 0) is 91.6 Å². The van der Waals surface area contributed by atoms with Crippen molar-refractivity contribution >= 4 is 6.47 Å². The second-order valence-electron chi connectivity index (χ2n) is 10.2. The molecule has 0 bridgehead atoms. The molecule has 39 heavy (non-hydrogen) atoms. The van der Waals surface area contributed by atoms with Crippen LogP contribution in [-0.2, 0) is 22.3 Å². The lowest BCUT2D eigenvalue weighted by atomic mass is 9.97. The number of halogens is 3. The normalized spacial score (nSPS) is 17.5. The largest absolute Gasteiger partial charge is 0.493 e. The van der Waals surface area contributed by atoms with Gasteiger partial charge in [0.2, 0.25) is 0 Å². The highest BCUT2D eigenvalue weighted by molar-refractivity contribution is 5.69. The molecule has 8 heteroatoms. The highest BCUT2D eigenvalue weighted by Crippen LogP contribution is 2.40. The van der Waals surface area contributed by atoms with Crippen LogP contribution >= 0.6 is 0 Å². The van der Waals surface area contributed by atoms with Gasteiger partial charge in [-0.3, -0.25) is 4.79 Å². The standard InChI is InChI=1S/C30H35F3O3.CH2O2/c1-6-23-14-20(2)15-25(23)16-21(3)36-19-22-8-7-9-24(17-22)27-11-10-26(18-28(27)30(31,32)33)35-13-12-29(4,5)34;2-1-3/h6-11,16-18,20,34H,3,12-15,19H2,1-2,4-5H3;1H,(H,2,3)/b23-6-,25-16-;/t20-;/m1./s1. The smallest absolute Gasteiger partial charge is 0.417 e. The van der Waals surface area contributed by atoms with Gasteiger partial charge in [0.25, 0.3) is 6.47 Å². The average Bonchev–Trinajstić information content (AvgIpc) is 3.21. The molecular formula is C31H37F3O5. The Morgan fingerprint density at radius 2 is 1.79 bits per heavy atom. The van der Waals surface area contributed by atoms with Gasteiger partial charge in [0.15, 0.2) is 0 Å². The molecular weight excluding hydrogens is 509 g/mol. The fraction of sp³-hybridized carbons (Fsp3) is 0.387. The fourth-order valence-corrected chi connectivity index (χ4v) is 4.30. The van der Waals surface area contributed by atoms with E-state index < -0.39 is 17.3 Å². The first-order valence-corrected chi connectivity index (χ1v) is 12.7. The lowest BCUT2D eigenvalue weighted by Crippen LogP contribution is -2.21. The van der Waals surface area contributed by atoms with Crippen LogP contribution in [-0.4, -0.2) is 28.9 Å². The second-order valence-corrected chi connectivity index (χ2v) is 10.2. The van der Waals surface area contributed by atoms with Gasteiger partial charge in [-0.15, -0.1) is 0 Å². The van der Waals surface area contributed by atoms with Crippen molar-refractivity contribution in [3.05, 3.63) is 89.2 Å². The summed E-state index contributed by atoms with van der Waals surface area (Å²) in [6, 6.07) is 10.9. The second kappa shape index (κ2) is 14.0. The number of aliphatic hydroxyl groups is 1. The summed E-state index contributed by atoms with van der Waals surface area (Å²) in [7, 11) is 0. The molecule has 0 unspecified atom stereocenters. The summed E-state index contributed by atoms with van der Waals surface area (Å²) in [5.41, 5.74) is 2.06. The minimum Gasteiger partial charge on any atom is -0.493 e. The summed E-state index contributed by atoms with van der Waals surface area (Å²) >= 11 is 0. The van der Waals surface area contributed by atoms with E-state index in [2.05, 4.69) is 19.6 Å². The maximum Gasteiger partial charge on any atom is 0.417 e. The van der Waals surface area contributed by atoms with Crippen LogP contribution in [0, 0.1) is 5.92 Å². The summed E-state index contributed by atoms with van der Waals surface area (Å²) in [6.45, 7) is 11.6. The molecule has 0 saturated heterocycles. The van der Waals surface area contributed by atoms with E-state index in [9.17, 15) is 18.3 Å². The fourth-order valence-electron chi connectivity index (χ4n) is 4.30. The van der Waals surface area contributed by atoms with Gasteiger partial charge in [-0.25, -0.2) is 0 Å². The first-order chi connectivity index (χ1) is 18.3. The molecule has 0 aromatic heterocycles. The maximum absolute atomic E-state index is 13.9. The average molecular weight is 547 g/mol. The van der Waals surface area contributed by atoms with Crippen LogP contribution < -0.4 is 4.74 Å². The number of rotatable bonds is 9. The molecule has 212 valence electrons. The summed E-state index contributed by atoms with van der Waals surface area (Å²) < 4.78 is 53.1. The van der Waals surface area contributed by atoms with E-state index in [-0.39, 0.29) is 31.0 Å². The van der Waals surface area contributed by atoms with E-state index in [0.717, 1.165) is 24.5 Å². The molecule has 0 amide bonds. The Labute approximate surface area is 228 Å². The third-order valence-corrected chi connectivity index (χ3v) is 6.17. The van der Waals surface area contributed by atoms with E-state index in [1.54, 1.807) is 32.0 Å². The molecule has 5 nitrogen and oxygen atoms in total. The third-order valence-electron chi connectivity index (χ3n) is 6.17. The van der Waals surface area contributed by atoms with E-state index in [1.165, 1.54) is 23.3 Å². The highest BCUT2D eigenvalue weighted by atomic mass is 19.4. The van der Waals surface area contributed by atoms with Gasteiger partial charge in [0.1, 0.15) is 18.1 Å². The molecule has 0 aliphatic heterocycles. The molecule has 0 heterocycles. The zero-order valence-corrected chi connectivity index (χ0v) is 22.8. The number of hydrogen-bond donors (Lipinski definition) is 2. The van der Waals surface area contributed by atoms with Crippen LogP contribution in [0.1, 0.15) is 58.1 Å². The molecule has 2 aromatic rings. The summed E-state index contributed by atoms with van der Waals surface area (Å²) in [6.07, 6.45) is 1.85.